The maximum absolute atomic E-state index is 11.1. The molecule has 0 radical (unpaired) electrons. The van der Waals surface area contributed by atoms with Crippen molar-refractivity contribution < 1.29 is 9.67 Å². The smallest absolute Gasteiger partial charge is 0.212 e. The Bertz CT molecular complexity index is 1050. The zero-order valence-corrected chi connectivity index (χ0v) is 16.5. The number of phenolic OH excluding ortho intramolecular Hbond substituents is 1. The predicted octanol–water partition coefficient (Wildman–Crippen LogP) is 5.93. The first-order valence-corrected chi connectivity index (χ1v) is 9.53. The Hall–Kier alpha value is -3.39. The fraction of sp³-hybridized carbons (Fsp3) is 0.115. The van der Waals surface area contributed by atoms with Crippen molar-refractivity contribution in [3.8, 4) is 33.7 Å². The number of benzene rings is 3. The minimum absolute atomic E-state index is 0.309. The summed E-state index contributed by atoms with van der Waals surface area (Å²) < 4.78 is 2.24. The van der Waals surface area contributed by atoms with E-state index in [0.29, 0.717) is 5.75 Å². The maximum atomic E-state index is 11.1. The molecule has 4 rings (SSSR count). The lowest BCUT2D eigenvalue weighted by Gasteiger charge is -2.13. The molecule has 2 nitrogen and oxygen atoms in total. The van der Waals surface area contributed by atoms with Crippen LogP contribution in [0.15, 0.2) is 84.9 Å². The molecule has 0 saturated carbocycles. The van der Waals surface area contributed by atoms with Gasteiger partial charge in [-0.05, 0) is 23.6 Å². The summed E-state index contributed by atoms with van der Waals surface area (Å²) >= 11 is 0. The lowest BCUT2D eigenvalue weighted by molar-refractivity contribution is -0.609. The van der Waals surface area contributed by atoms with Crippen molar-refractivity contribution in [2.45, 2.75) is 20.8 Å². The van der Waals surface area contributed by atoms with Gasteiger partial charge in [0.25, 0.3) is 0 Å². The Kier molecular flexibility index (Phi) is 4.70. The summed E-state index contributed by atoms with van der Waals surface area (Å²) in [5.41, 5.74) is 8.31. The number of aromatic hydroxyl groups is 1. The third-order valence-corrected chi connectivity index (χ3v) is 5.10. The van der Waals surface area contributed by atoms with Gasteiger partial charge < -0.3 is 5.11 Å². The molecule has 4 aromatic rings. The van der Waals surface area contributed by atoms with Crippen molar-refractivity contribution in [1.82, 2.24) is 0 Å². The summed E-state index contributed by atoms with van der Waals surface area (Å²) in [7, 11) is 0. The molecule has 0 amide bonds. The SMILES string of the molecule is Cc1cc(C)[n+](-c2cc(-c3ccccc3)c(O)c(-c3ccccc3)c2)c(C)c1. The van der Waals surface area contributed by atoms with Crippen molar-refractivity contribution >= 4 is 0 Å². The zero-order chi connectivity index (χ0) is 19.7. The lowest BCUT2D eigenvalue weighted by atomic mass is 9.96. The molecule has 0 unspecified atom stereocenters. The number of hydrogen-bond acceptors (Lipinski definition) is 1. The van der Waals surface area contributed by atoms with Crippen LogP contribution in [0.3, 0.4) is 0 Å². The first kappa shape index (κ1) is 18.0. The molecule has 2 heteroatoms. The quantitative estimate of drug-likeness (QED) is 0.447. The van der Waals surface area contributed by atoms with E-state index in [1.165, 1.54) is 17.0 Å². The van der Waals surface area contributed by atoms with Gasteiger partial charge in [0, 0.05) is 49.2 Å². The number of pyridine rings is 1. The van der Waals surface area contributed by atoms with Gasteiger partial charge in [-0.15, -0.1) is 0 Å². The molecular formula is C26H24NO+. The Morgan fingerprint density at radius 3 is 1.46 bits per heavy atom. The van der Waals surface area contributed by atoms with Crippen LogP contribution < -0.4 is 4.57 Å². The third-order valence-electron chi connectivity index (χ3n) is 5.10. The lowest BCUT2D eigenvalue weighted by Crippen LogP contribution is -2.37. The van der Waals surface area contributed by atoms with Crippen LogP contribution in [0.5, 0.6) is 5.75 Å². The number of nitrogens with zero attached hydrogens (tertiary/aromatic N) is 1. The van der Waals surface area contributed by atoms with Crippen molar-refractivity contribution in [3.05, 3.63) is 102 Å². The van der Waals surface area contributed by atoms with Gasteiger partial charge in [-0.25, -0.2) is 0 Å². The summed E-state index contributed by atoms with van der Waals surface area (Å²) in [6.45, 7) is 6.36. The molecule has 0 fully saturated rings. The standard InChI is InChI=1S/C26H23NO/c1-18-14-19(2)27(20(3)15-18)23-16-24(21-10-6-4-7-11-21)26(28)25(17-23)22-12-8-5-9-13-22/h4-17H,1-3H3/p+1. The van der Waals surface area contributed by atoms with Crippen molar-refractivity contribution in [2.75, 3.05) is 0 Å². The highest BCUT2D eigenvalue weighted by molar-refractivity contribution is 5.83. The molecule has 0 saturated heterocycles. The summed E-state index contributed by atoms with van der Waals surface area (Å²) in [4.78, 5) is 0. The van der Waals surface area contributed by atoms with E-state index in [4.69, 9.17) is 0 Å². The number of phenols is 1. The Balaban J connectivity index is 2.03. The van der Waals surface area contributed by atoms with Crippen LogP contribution >= 0.6 is 0 Å². The topological polar surface area (TPSA) is 24.1 Å². The van der Waals surface area contributed by atoms with Crippen molar-refractivity contribution in [2.24, 2.45) is 0 Å². The monoisotopic (exact) mass is 366 g/mol. The van der Waals surface area contributed by atoms with Crippen LogP contribution in [0.4, 0.5) is 0 Å². The highest BCUT2D eigenvalue weighted by atomic mass is 16.3. The van der Waals surface area contributed by atoms with Gasteiger partial charge in [-0.1, -0.05) is 60.7 Å². The minimum Gasteiger partial charge on any atom is -0.507 e. The highest BCUT2D eigenvalue weighted by Crippen LogP contribution is 2.39. The van der Waals surface area contributed by atoms with Crippen molar-refractivity contribution in [3.63, 3.8) is 0 Å². The average Bonchev–Trinajstić information content (AvgIpc) is 2.69. The largest absolute Gasteiger partial charge is 0.507 e. The van der Waals surface area contributed by atoms with E-state index < -0.39 is 0 Å². The summed E-state index contributed by atoms with van der Waals surface area (Å²) in [6, 6.07) is 28.6. The fourth-order valence-electron chi connectivity index (χ4n) is 3.94. The van der Waals surface area contributed by atoms with E-state index in [1.54, 1.807) is 0 Å². The fourth-order valence-corrected chi connectivity index (χ4v) is 3.94. The van der Waals surface area contributed by atoms with Crippen LogP contribution in [-0.2, 0) is 0 Å². The Morgan fingerprint density at radius 2 is 1.04 bits per heavy atom. The van der Waals surface area contributed by atoms with Gasteiger partial charge in [0.15, 0.2) is 11.4 Å². The highest BCUT2D eigenvalue weighted by Gasteiger charge is 2.21. The van der Waals surface area contributed by atoms with Gasteiger partial charge >= 0.3 is 0 Å². The normalized spacial score (nSPS) is 10.8. The summed E-state index contributed by atoms with van der Waals surface area (Å²) in [6.07, 6.45) is 0. The van der Waals surface area contributed by atoms with Gasteiger partial charge in [0.2, 0.25) is 5.69 Å². The van der Waals surface area contributed by atoms with E-state index in [-0.39, 0.29) is 0 Å². The average molecular weight is 366 g/mol. The van der Waals surface area contributed by atoms with E-state index in [2.05, 4.69) is 49.6 Å². The molecule has 0 atom stereocenters. The molecule has 0 bridgehead atoms. The predicted molar refractivity (Wildman–Crippen MR) is 115 cm³/mol. The van der Waals surface area contributed by atoms with Gasteiger partial charge in [-0.3, -0.25) is 0 Å². The molecule has 1 aromatic heterocycles. The van der Waals surface area contributed by atoms with E-state index in [9.17, 15) is 5.11 Å². The molecule has 0 spiro atoms. The van der Waals surface area contributed by atoms with Crippen LogP contribution in [0, 0.1) is 20.8 Å². The molecule has 0 aliphatic carbocycles. The molecule has 1 heterocycles. The first-order valence-electron chi connectivity index (χ1n) is 9.53. The molecule has 1 N–H and O–H groups in total. The molecule has 138 valence electrons. The summed E-state index contributed by atoms with van der Waals surface area (Å²) in [5.74, 6) is 0.309. The Labute approximate surface area is 166 Å². The van der Waals surface area contributed by atoms with Crippen molar-refractivity contribution in [1.29, 1.82) is 0 Å². The minimum atomic E-state index is 0.309. The molecule has 3 aromatic carbocycles. The molecule has 0 aliphatic rings. The van der Waals surface area contributed by atoms with Gasteiger partial charge in [-0.2, -0.15) is 4.57 Å². The van der Waals surface area contributed by atoms with Crippen LogP contribution in [0.1, 0.15) is 17.0 Å². The van der Waals surface area contributed by atoms with Crippen LogP contribution in [0.25, 0.3) is 27.9 Å². The second kappa shape index (κ2) is 7.32. The van der Waals surface area contributed by atoms with Crippen LogP contribution in [0.2, 0.25) is 0 Å². The first-order chi connectivity index (χ1) is 13.5. The second-order valence-electron chi connectivity index (χ2n) is 7.27. The number of rotatable bonds is 3. The van der Waals surface area contributed by atoms with E-state index in [1.807, 2.05) is 60.7 Å². The zero-order valence-electron chi connectivity index (χ0n) is 16.5. The van der Waals surface area contributed by atoms with Gasteiger partial charge in [0.05, 0.1) is 0 Å². The number of hydrogen-bond donors (Lipinski definition) is 1. The maximum Gasteiger partial charge on any atom is 0.212 e. The summed E-state index contributed by atoms with van der Waals surface area (Å²) in [5, 5.41) is 11.1. The van der Waals surface area contributed by atoms with Gasteiger partial charge in [0.1, 0.15) is 5.75 Å². The number of aryl methyl sites for hydroxylation is 3. The molecule has 28 heavy (non-hydrogen) atoms. The molecule has 0 aliphatic heterocycles. The number of aromatic nitrogens is 1. The van der Waals surface area contributed by atoms with Crippen LogP contribution in [-0.4, -0.2) is 5.11 Å². The molecular weight excluding hydrogens is 342 g/mol. The van der Waals surface area contributed by atoms with E-state index in [0.717, 1.165) is 27.9 Å². The van der Waals surface area contributed by atoms with E-state index >= 15 is 0 Å². The Morgan fingerprint density at radius 1 is 0.607 bits per heavy atom. The third kappa shape index (κ3) is 3.29. The second-order valence-corrected chi connectivity index (χ2v) is 7.27.